The molecule has 0 aromatic heterocycles. The monoisotopic (exact) mass is 526 g/mol. The second kappa shape index (κ2) is 12.0. The molecule has 1 N–H and O–H groups in total. The highest BCUT2D eigenvalue weighted by molar-refractivity contribution is 7.89. The van der Waals surface area contributed by atoms with Crippen molar-refractivity contribution in [3.8, 4) is 0 Å². The Morgan fingerprint density at radius 1 is 0.865 bits per heavy atom. The third kappa shape index (κ3) is 6.81. The molecule has 0 radical (unpaired) electrons. The average molecular weight is 527 g/mol. The van der Waals surface area contributed by atoms with Crippen molar-refractivity contribution in [1.29, 1.82) is 0 Å². The molecule has 1 amide bonds. The Balaban J connectivity index is 1.42. The van der Waals surface area contributed by atoms with Gasteiger partial charge in [0.1, 0.15) is 11.6 Å². The van der Waals surface area contributed by atoms with Crippen molar-refractivity contribution in [2.45, 2.75) is 50.6 Å². The fraction of sp³-hybridized carbons (Fsp3) is 0.345. The molecule has 1 fully saturated rings. The number of amides is 1. The van der Waals surface area contributed by atoms with Crippen LogP contribution in [-0.2, 0) is 27.9 Å². The predicted molar refractivity (Wildman–Crippen MR) is 139 cm³/mol. The van der Waals surface area contributed by atoms with Crippen LogP contribution in [0.4, 0.5) is 8.78 Å². The zero-order valence-electron chi connectivity index (χ0n) is 20.9. The van der Waals surface area contributed by atoms with Crippen molar-refractivity contribution in [2.75, 3.05) is 6.54 Å². The van der Waals surface area contributed by atoms with Gasteiger partial charge in [-0.25, -0.2) is 17.2 Å². The zero-order chi connectivity index (χ0) is 26.4. The van der Waals surface area contributed by atoms with Gasteiger partial charge in [-0.2, -0.15) is 4.31 Å². The van der Waals surface area contributed by atoms with Gasteiger partial charge in [-0.15, -0.1) is 0 Å². The first-order chi connectivity index (χ1) is 17.7. The third-order valence-corrected chi connectivity index (χ3v) is 8.85. The van der Waals surface area contributed by atoms with Crippen LogP contribution in [0.2, 0.25) is 0 Å². The summed E-state index contributed by atoms with van der Waals surface area (Å²) in [5, 5.41) is 3.01. The number of carbonyl (C=O) groups excluding carboxylic acids is 1. The molecule has 37 heavy (non-hydrogen) atoms. The van der Waals surface area contributed by atoms with E-state index in [0.717, 1.165) is 34.9 Å². The molecule has 5 nitrogen and oxygen atoms in total. The minimum atomic E-state index is -4.43. The van der Waals surface area contributed by atoms with Crippen molar-refractivity contribution in [3.05, 3.63) is 101 Å². The number of nitrogens with zero attached hydrogens (tertiary/aromatic N) is 1. The summed E-state index contributed by atoms with van der Waals surface area (Å²) >= 11 is 0. The number of rotatable bonds is 9. The molecule has 0 unspecified atom stereocenters. The molecule has 0 bridgehead atoms. The Kier molecular flexibility index (Phi) is 8.71. The van der Waals surface area contributed by atoms with Crippen LogP contribution in [0.15, 0.2) is 77.7 Å². The molecule has 1 aliphatic carbocycles. The molecule has 0 atom stereocenters. The van der Waals surface area contributed by atoms with Crippen LogP contribution in [-0.4, -0.2) is 25.2 Å². The Morgan fingerprint density at radius 2 is 1.49 bits per heavy atom. The summed E-state index contributed by atoms with van der Waals surface area (Å²) in [6.07, 6.45) is 2.59. The Hall–Kier alpha value is -3.10. The van der Waals surface area contributed by atoms with E-state index in [0.29, 0.717) is 32.2 Å². The summed E-state index contributed by atoms with van der Waals surface area (Å²) in [6.45, 7) is 2.62. The molecule has 1 saturated carbocycles. The molecule has 1 aliphatic rings. The molecule has 8 heteroatoms. The number of hydrogen-bond acceptors (Lipinski definition) is 3. The second-order valence-electron chi connectivity index (χ2n) is 9.75. The van der Waals surface area contributed by atoms with Crippen LogP contribution in [0.3, 0.4) is 0 Å². The zero-order valence-corrected chi connectivity index (χ0v) is 21.7. The number of aryl methyl sites for hydroxylation is 1. The van der Waals surface area contributed by atoms with Crippen LogP contribution in [0.25, 0.3) is 0 Å². The van der Waals surface area contributed by atoms with E-state index in [4.69, 9.17) is 0 Å². The maximum Gasteiger partial charge on any atom is 0.249 e. The minimum absolute atomic E-state index is 0.00113. The maximum absolute atomic E-state index is 14.5. The van der Waals surface area contributed by atoms with Gasteiger partial charge in [0.05, 0.1) is 0 Å². The Labute approximate surface area is 217 Å². The lowest BCUT2D eigenvalue weighted by atomic mass is 9.81. The van der Waals surface area contributed by atoms with Crippen molar-refractivity contribution in [3.63, 3.8) is 0 Å². The molecule has 4 rings (SSSR count). The van der Waals surface area contributed by atoms with Crippen LogP contribution in [0.1, 0.15) is 42.4 Å². The first kappa shape index (κ1) is 26.9. The summed E-state index contributed by atoms with van der Waals surface area (Å²) in [4.78, 5) is 11.8. The topological polar surface area (TPSA) is 66.5 Å². The Bertz CT molecular complexity index is 1290. The highest BCUT2D eigenvalue weighted by Crippen LogP contribution is 2.32. The van der Waals surface area contributed by atoms with E-state index in [1.807, 2.05) is 37.3 Å². The number of nitrogens with one attached hydrogen (secondary N) is 1. The predicted octanol–water partition coefficient (Wildman–Crippen LogP) is 5.59. The van der Waals surface area contributed by atoms with E-state index in [2.05, 4.69) is 5.32 Å². The summed E-state index contributed by atoms with van der Waals surface area (Å²) < 4.78 is 57.0. The first-order valence-electron chi connectivity index (χ1n) is 12.6. The molecule has 0 aliphatic heterocycles. The van der Waals surface area contributed by atoms with Crippen LogP contribution in [0.5, 0.6) is 0 Å². The molecule has 3 aromatic rings. The van der Waals surface area contributed by atoms with Gasteiger partial charge in [0.25, 0.3) is 0 Å². The summed E-state index contributed by atoms with van der Waals surface area (Å²) in [7, 11) is -4.43. The molecule has 196 valence electrons. The standard InChI is InChI=1S/C29H32F2N2O3S/c1-21-10-12-22(13-11-21)18-32-29(34)25-16-14-24(15-17-25)20-33(19-23-6-3-2-4-7-23)37(35,36)28-26(30)8-5-9-27(28)31/h2-13,24-25H,14-20H2,1H3,(H,32,34). The Morgan fingerprint density at radius 3 is 2.11 bits per heavy atom. The van der Waals surface area contributed by atoms with Crippen LogP contribution < -0.4 is 5.32 Å². The molecular weight excluding hydrogens is 494 g/mol. The number of halogens is 2. The van der Waals surface area contributed by atoms with Gasteiger partial charge < -0.3 is 5.32 Å². The normalized spacial score (nSPS) is 18.1. The summed E-state index contributed by atoms with van der Waals surface area (Å²) in [5.74, 6) is -2.36. The van der Waals surface area contributed by atoms with Gasteiger partial charge in [0.2, 0.25) is 15.9 Å². The minimum Gasteiger partial charge on any atom is -0.352 e. The third-order valence-electron chi connectivity index (χ3n) is 6.99. The van der Waals surface area contributed by atoms with E-state index in [1.54, 1.807) is 24.3 Å². The molecule has 0 saturated heterocycles. The SMILES string of the molecule is Cc1ccc(CNC(=O)C2CCC(CN(Cc3ccccc3)S(=O)(=O)c3c(F)cccc3F)CC2)cc1. The molecule has 3 aromatic carbocycles. The van der Waals surface area contributed by atoms with Gasteiger partial charge in [-0.3, -0.25) is 4.79 Å². The number of hydrogen-bond donors (Lipinski definition) is 1. The van der Waals surface area contributed by atoms with Crippen molar-refractivity contribution in [1.82, 2.24) is 9.62 Å². The molecule has 0 spiro atoms. The fourth-order valence-electron chi connectivity index (χ4n) is 4.83. The first-order valence-corrected chi connectivity index (χ1v) is 14.0. The lowest BCUT2D eigenvalue weighted by Crippen LogP contribution is -2.38. The van der Waals surface area contributed by atoms with Crippen molar-refractivity contribution in [2.24, 2.45) is 11.8 Å². The molecular formula is C29H32F2N2O3S. The van der Waals surface area contributed by atoms with E-state index in [1.165, 1.54) is 4.31 Å². The highest BCUT2D eigenvalue weighted by Gasteiger charge is 2.34. The lowest BCUT2D eigenvalue weighted by molar-refractivity contribution is -0.126. The number of carbonyl (C=O) groups is 1. The van der Waals surface area contributed by atoms with Crippen molar-refractivity contribution >= 4 is 15.9 Å². The lowest BCUT2D eigenvalue weighted by Gasteiger charge is -2.32. The maximum atomic E-state index is 14.5. The summed E-state index contributed by atoms with van der Waals surface area (Å²) in [5.41, 5.74) is 2.93. The van der Waals surface area contributed by atoms with Crippen LogP contribution >= 0.6 is 0 Å². The van der Waals surface area contributed by atoms with E-state index < -0.39 is 26.6 Å². The van der Waals surface area contributed by atoms with Gasteiger partial charge in [-0.1, -0.05) is 66.2 Å². The fourth-order valence-corrected chi connectivity index (χ4v) is 6.44. The van der Waals surface area contributed by atoms with E-state index >= 15 is 0 Å². The van der Waals surface area contributed by atoms with Gasteiger partial charge >= 0.3 is 0 Å². The molecule has 0 heterocycles. The summed E-state index contributed by atoms with van der Waals surface area (Å²) in [6, 6.07) is 20.1. The largest absolute Gasteiger partial charge is 0.352 e. The van der Waals surface area contributed by atoms with E-state index in [9.17, 15) is 22.0 Å². The smallest absolute Gasteiger partial charge is 0.249 e. The second-order valence-corrected chi connectivity index (χ2v) is 11.6. The van der Waals surface area contributed by atoms with Gasteiger partial charge in [0.15, 0.2) is 4.90 Å². The highest BCUT2D eigenvalue weighted by atomic mass is 32.2. The quantitative estimate of drug-likeness (QED) is 0.396. The van der Waals surface area contributed by atoms with E-state index in [-0.39, 0.29) is 30.8 Å². The van der Waals surface area contributed by atoms with Crippen molar-refractivity contribution < 1.29 is 22.0 Å². The van der Waals surface area contributed by atoms with Crippen LogP contribution in [0, 0.1) is 30.4 Å². The van der Waals surface area contributed by atoms with Gasteiger partial charge in [-0.05, 0) is 61.8 Å². The van der Waals surface area contributed by atoms with Gasteiger partial charge in [0, 0.05) is 25.6 Å². The number of benzene rings is 3. The average Bonchev–Trinajstić information content (AvgIpc) is 2.88. The number of sulfonamides is 1.